The molecule has 0 spiro atoms. The van der Waals surface area contributed by atoms with E-state index in [1.54, 1.807) is 34.3 Å². The van der Waals surface area contributed by atoms with Gasteiger partial charge in [0, 0.05) is 44.6 Å². The molecule has 2 heterocycles. The smallest absolute Gasteiger partial charge is 0.254 e. The predicted octanol–water partition coefficient (Wildman–Crippen LogP) is 4.14. The zero-order valence-electron chi connectivity index (χ0n) is 18.9. The summed E-state index contributed by atoms with van der Waals surface area (Å²) in [6.07, 6.45) is 3.85. The fourth-order valence-corrected chi connectivity index (χ4v) is 4.40. The van der Waals surface area contributed by atoms with Crippen molar-refractivity contribution in [2.24, 2.45) is 5.92 Å². The number of hydrogen-bond acceptors (Lipinski definition) is 3. The minimum absolute atomic E-state index is 0.0503. The van der Waals surface area contributed by atoms with Crippen molar-refractivity contribution in [3.05, 3.63) is 89.2 Å². The largest absolute Gasteiger partial charge is 0.344 e. The number of likely N-dealkylation sites (N-methyl/N-ethyl adjacent to an activating group) is 1. The minimum atomic E-state index is -0.264. The van der Waals surface area contributed by atoms with E-state index in [9.17, 15) is 9.59 Å². The first-order valence-electron chi connectivity index (χ1n) is 11.0. The van der Waals surface area contributed by atoms with Crippen molar-refractivity contribution < 1.29 is 9.59 Å². The van der Waals surface area contributed by atoms with Crippen LogP contribution in [-0.2, 0) is 11.2 Å². The van der Waals surface area contributed by atoms with Crippen molar-refractivity contribution >= 4 is 11.8 Å². The molecular formula is C27H29N3O2. The fourth-order valence-electron chi connectivity index (χ4n) is 4.40. The first kappa shape index (κ1) is 21.8. The highest BCUT2D eigenvalue weighted by Gasteiger charge is 2.31. The van der Waals surface area contributed by atoms with Crippen LogP contribution in [0.4, 0.5) is 0 Å². The van der Waals surface area contributed by atoms with E-state index in [1.165, 1.54) is 22.3 Å². The van der Waals surface area contributed by atoms with Gasteiger partial charge in [-0.25, -0.2) is 0 Å². The van der Waals surface area contributed by atoms with Crippen LogP contribution in [0.25, 0.3) is 11.1 Å². The number of hydrogen-bond donors (Lipinski definition) is 0. The molecule has 1 saturated heterocycles. The monoisotopic (exact) mass is 427 g/mol. The molecule has 1 aromatic heterocycles. The van der Waals surface area contributed by atoms with Crippen LogP contribution >= 0.6 is 0 Å². The van der Waals surface area contributed by atoms with E-state index in [0.717, 1.165) is 5.56 Å². The summed E-state index contributed by atoms with van der Waals surface area (Å²) in [5.74, 6) is -0.223. The minimum Gasteiger partial charge on any atom is -0.344 e. The zero-order valence-corrected chi connectivity index (χ0v) is 18.9. The Hall–Kier alpha value is -3.47. The number of pyridine rings is 1. The molecule has 1 aliphatic heterocycles. The lowest BCUT2D eigenvalue weighted by Crippen LogP contribution is -2.37. The third-order valence-corrected chi connectivity index (χ3v) is 6.08. The number of amides is 2. The molecule has 32 heavy (non-hydrogen) atoms. The molecule has 1 aliphatic rings. The van der Waals surface area contributed by atoms with Gasteiger partial charge in [-0.3, -0.25) is 14.6 Å². The molecule has 2 amide bonds. The molecule has 2 aromatic carbocycles. The summed E-state index contributed by atoms with van der Waals surface area (Å²) in [5, 5.41) is 0. The van der Waals surface area contributed by atoms with Gasteiger partial charge in [0.2, 0.25) is 5.91 Å². The molecule has 4 rings (SSSR count). The molecule has 0 aliphatic carbocycles. The molecular weight excluding hydrogens is 398 g/mol. The topological polar surface area (TPSA) is 53.5 Å². The lowest BCUT2D eigenvalue weighted by Gasteiger charge is -2.23. The van der Waals surface area contributed by atoms with Crippen LogP contribution < -0.4 is 0 Å². The van der Waals surface area contributed by atoms with Crippen LogP contribution in [0.2, 0.25) is 0 Å². The Balaban J connectivity index is 1.52. The average molecular weight is 428 g/mol. The summed E-state index contributed by atoms with van der Waals surface area (Å²) in [4.78, 5) is 33.5. The second-order valence-electron chi connectivity index (χ2n) is 8.72. The van der Waals surface area contributed by atoms with Gasteiger partial charge < -0.3 is 9.80 Å². The van der Waals surface area contributed by atoms with Gasteiger partial charge in [0.25, 0.3) is 5.91 Å². The Kier molecular flexibility index (Phi) is 6.35. The number of aromatic nitrogens is 1. The van der Waals surface area contributed by atoms with Crippen molar-refractivity contribution in [3.8, 4) is 11.1 Å². The van der Waals surface area contributed by atoms with Crippen LogP contribution in [-0.4, -0.2) is 53.3 Å². The molecule has 0 bridgehead atoms. The van der Waals surface area contributed by atoms with Crippen molar-refractivity contribution in [1.29, 1.82) is 0 Å². The van der Waals surface area contributed by atoms with E-state index >= 15 is 0 Å². The van der Waals surface area contributed by atoms with Gasteiger partial charge in [0.1, 0.15) is 0 Å². The summed E-state index contributed by atoms with van der Waals surface area (Å²) >= 11 is 0. The summed E-state index contributed by atoms with van der Waals surface area (Å²) in [6, 6.07) is 18.4. The van der Waals surface area contributed by atoms with Gasteiger partial charge in [-0.05, 0) is 49.1 Å². The van der Waals surface area contributed by atoms with E-state index in [1.807, 2.05) is 7.05 Å². The third kappa shape index (κ3) is 4.88. The number of aryl methyl sites for hydroxylation is 2. The number of carbonyl (C=O) groups excluding carboxylic acids is 2. The van der Waals surface area contributed by atoms with Gasteiger partial charge in [-0.15, -0.1) is 0 Å². The standard InChI is InChI=1S/C27H29N3O2/c1-19-14-20(2)16-24(15-19)22-6-4-21(5-7-22)17-25-18-30(13-12-29(3)26(25)31)27(32)23-8-10-28-11-9-23/h4-11,14-16,25H,12-13,17-18H2,1-3H3/t25-/m1/s1. The molecule has 1 fully saturated rings. The summed E-state index contributed by atoms with van der Waals surface area (Å²) in [5.41, 5.74) is 6.56. The summed E-state index contributed by atoms with van der Waals surface area (Å²) in [6.45, 7) is 5.71. The molecule has 5 nitrogen and oxygen atoms in total. The lowest BCUT2D eigenvalue weighted by molar-refractivity contribution is -0.133. The van der Waals surface area contributed by atoms with Crippen LogP contribution in [0.1, 0.15) is 27.0 Å². The second kappa shape index (κ2) is 9.35. The van der Waals surface area contributed by atoms with Crippen LogP contribution in [0.5, 0.6) is 0 Å². The highest BCUT2D eigenvalue weighted by Crippen LogP contribution is 2.24. The Morgan fingerprint density at radius 1 is 0.938 bits per heavy atom. The van der Waals surface area contributed by atoms with E-state index in [2.05, 4.69) is 61.3 Å². The van der Waals surface area contributed by atoms with Crippen molar-refractivity contribution in [2.45, 2.75) is 20.3 Å². The first-order chi connectivity index (χ1) is 15.4. The summed E-state index contributed by atoms with van der Waals surface area (Å²) < 4.78 is 0. The van der Waals surface area contributed by atoms with Crippen LogP contribution in [0.3, 0.4) is 0 Å². The Bertz CT molecular complexity index is 1090. The molecule has 164 valence electrons. The van der Waals surface area contributed by atoms with Gasteiger partial charge >= 0.3 is 0 Å². The maximum absolute atomic E-state index is 13.0. The van der Waals surface area contributed by atoms with E-state index < -0.39 is 0 Å². The molecule has 0 N–H and O–H groups in total. The highest BCUT2D eigenvalue weighted by molar-refractivity contribution is 5.94. The van der Waals surface area contributed by atoms with Crippen LogP contribution in [0.15, 0.2) is 67.0 Å². The Morgan fingerprint density at radius 2 is 1.59 bits per heavy atom. The van der Waals surface area contributed by atoms with Crippen molar-refractivity contribution in [1.82, 2.24) is 14.8 Å². The van der Waals surface area contributed by atoms with Gasteiger partial charge in [0.15, 0.2) is 0 Å². The van der Waals surface area contributed by atoms with Crippen molar-refractivity contribution in [3.63, 3.8) is 0 Å². The van der Waals surface area contributed by atoms with Gasteiger partial charge in [0.05, 0.1) is 5.92 Å². The molecule has 0 unspecified atom stereocenters. The number of benzene rings is 2. The van der Waals surface area contributed by atoms with E-state index in [0.29, 0.717) is 31.6 Å². The molecule has 0 saturated carbocycles. The van der Waals surface area contributed by atoms with E-state index in [4.69, 9.17) is 0 Å². The maximum Gasteiger partial charge on any atom is 0.254 e. The zero-order chi connectivity index (χ0) is 22.7. The normalized spacial score (nSPS) is 16.7. The predicted molar refractivity (Wildman–Crippen MR) is 126 cm³/mol. The van der Waals surface area contributed by atoms with Gasteiger partial charge in [-0.1, -0.05) is 53.6 Å². The average Bonchev–Trinajstić information content (AvgIpc) is 2.93. The van der Waals surface area contributed by atoms with Gasteiger partial charge in [-0.2, -0.15) is 0 Å². The maximum atomic E-state index is 13.0. The van der Waals surface area contributed by atoms with Crippen LogP contribution in [0, 0.1) is 19.8 Å². The van der Waals surface area contributed by atoms with Crippen molar-refractivity contribution in [2.75, 3.05) is 26.7 Å². The Labute approximate surface area is 189 Å². The molecule has 1 atom stereocenters. The third-order valence-electron chi connectivity index (χ3n) is 6.08. The molecule has 5 heteroatoms. The Morgan fingerprint density at radius 3 is 2.25 bits per heavy atom. The molecule has 3 aromatic rings. The first-order valence-corrected chi connectivity index (χ1v) is 11.0. The quantitative estimate of drug-likeness (QED) is 0.629. The number of carbonyl (C=O) groups is 2. The molecule has 0 radical (unpaired) electrons. The second-order valence-corrected chi connectivity index (χ2v) is 8.72. The highest BCUT2D eigenvalue weighted by atomic mass is 16.2. The summed E-state index contributed by atoms with van der Waals surface area (Å²) in [7, 11) is 1.82. The number of rotatable bonds is 4. The van der Waals surface area contributed by atoms with E-state index in [-0.39, 0.29) is 17.7 Å². The lowest BCUT2D eigenvalue weighted by atomic mass is 9.95. The fraction of sp³-hybridized carbons (Fsp3) is 0.296. The number of nitrogens with zero attached hydrogens (tertiary/aromatic N) is 3. The SMILES string of the molecule is Cc1cc(C)cc(-c2ccc(C[C@@H]3CN(C(=O)c4ccncc4)CCN(C)C3=O)cc2)c1.